The number of hydrogen-bond donors (Lipinski definition) is 1. The summed E-state index contributed by atoms with van der Waals surface area (Å²) in [5.41, 5.74) is 3.73. The molecule has 0 unspecified atom stereocenters. The number of amides is 2. The van der Waals surface area contributed by atoms with E-state index in [-0.39, 0.29) is 4.32 Å². The van der Waals surface area contributed by atoms with Gasteiger partial charge in [-0.3, -0.25) is 15.0 Å². The highest BCUT2D eigenvalue weighted by atomic mass is 79.9. The van der Waals surface area contributed by atoms with Gasteiger partial charge in [0.25, 0.3) is 11.8 Å². The molecule has 3 rings (SSSR count). The molecule has 0 aliphatic carbocycles. The first kappa shape index (κ1) is 21.4. The number of carbonyl (C=O) groups is 2. The van der Waals surface area contributed by atoms with Crippen LogP contribution in [-0.4, -0.2) is 34.9 Å². The predicted octanol–water partition coefficient (Wildman–Crippen LogP) is 4.40. The third-order valence-corrected chi connectivity index (χ3v) is 5.77. The summed E-state index contributed by atoms with van der Waals surface area (Å²) >= 11 is 9.84. The van der Waals surface area contributed by atoms with Crippen molar-refractivity contribution >= 4 is 62.1 Å². The minimum atomic E-state index is -0.408. The van der Waals surface area contributed by atoms with Crippen molar-refractivity contribution in [3.63, 3.8) is 0 Å². The molecule has 1 aliphatic rings. The molecule has 150 valence electrons. The molecule has 0 spiro atoms. The van der Waals surface area contributed by atoms with E-state index in [9.17, 15) is 9.59 Å². The molecule has 1 fully saturated rings. The van der Waals surface area contributed by atoms with E-state index in [4.69, 9.17) is 21.7 Å². The molecule has 1 heterocycles. The number of thioether (sulfide) groups is 1. The number of ether oxygens (including phenoxy) is 2. The zero-order valence-corrected chi connectivity index (χ0v) is 18.8. The third-order valence-electron chi connectivity index (χ3n) is 3.88. The Labute approximate surface area is 186 Å². The Morgan fingerprint density at radius 3 is 2.69 bits per heavy atom. The molecule has 2 aromatic carbocycles. The van der Waals surface area contributed by atoms with Crippen molar-refractivity contribution in [2.45, 2.75) is 6.92 Å². The fraction of sp³-hybridized carbons (Fsp3) is 0.150. The molecule has 0 atom stereocenters. The molecular weight excluding hydrogens is 476 g/mol. The molecule has 2 aromatic rings. The minimum absolute atomic E-state index is 0.253. The molecule has 1 N–H and O–H groups in total. The van der Waals surface area contributed by atoms with Gasteiger partial charge in [-0.15, -0.1) is 0 Å². The number of carbonyl (C=O) groups excluding carboxylic acids is 2. The number of thiocarbonyl (C=S) groups is 1. The summed E-state index contributed by atoms with van der Waals surface area (Å²) in [5.74, 6) is 0.332. The number of nitrogens with one attached hydrogen (secondary N) is 1. The van der Waals surface area contributed by atoms with Crippen molar-refractivity contribution in [1.29, 1.82) is 0 Å². The minimum Gasteiger partial charge on any atom is -0.492 e. The highest BCUT2D eigenvalue weighted by Gasteiger charge is 2.33. The van der Waals surface area contributed by atoms with Gasteiger partial charge in [0.15, 0.2) is 15.8 Å². The van der Waals surface area contributed by atoms with Gasteiger partial charge in [-0.25, -0.2) is 0 Å². The van der Waals surface area contributed by atoms with Gasteiger partial charge in [0, 0.05) is 5.56 Å². The quantitative estimate of drug-likeness (QED) is 0.475. The van der Waals surface area contributed by atoms with Gasteiger partial charge in [-0.05, 0) is 71.0 Å². The Balaban J connectivity index is 1.84. The van der Waals surface area contributed by atoms with E-state index in [1.807, 2.05) is 19.1 Å². The van der Waals surface area contributed by atoms with Crippen LogP contribution in [0.3, 0.4) is 0 Å². The van der Waals surface area contributed by atoms with Crippen LogP contribution in [-0.2, 0) is 4.79 Å². The summed E-state index contributed by atoms with van der Waals surface area (Å²) in [6, 6.07) is 12.2. The monoisotopic (exact) mass is 492 g/mol. The summed E-state index contributed by atoms with van der Waals surface area (Å²) in [6.45, 7) is 2.35. The van der Waals surface area contributed by atoms with Crippen molar-refractivity contribution in [2.24, 2.45) is 0 Å². The Bertz CT molecular complexity index is 995. The van der Waals surface area contributed by atoms with Crippen molar-refractivity contribution in [3.8, 4) is 11.5 Å². The second-order valence-electron chi connectivity index (χ2n) is 5.79. The third kappa shape index (κ3) is 4.80. The second kappa shape index (κ2) is 9.43. The number of hydrogen-bond acceptors (Lipinski definition) is 6. The summed E-state index contributed by atoms with van der Waals surface area (Å²) < 4.78 is 11.9. The molecule has 2 amide bonds. The molecule has 0 saturated carbocycles. The number of nitrogens with zero attached hydrogens (tertiary/aromatic N) is 1. The average Bonchev–Trinajstić information content (AvgIpc) is 2.96. The number of rotatable bonds is 6. The number of halogens is 1. The number of benzene rings is 2. The summed E-state index contributed by atoms with van der Waals surface area (Å²) in [4.78, 5) is 25.5. The standard InChI is InChI=1S/C20H17BrN2O4S2/c1-3-27-15-10-12(9-14(21)17(15)26-2)11-16-19(25)23(20(28)29-16)22-18(24)13-7-5-4-6-8-13/h4-11H,3H2,1-2H3,(H,22,24)/b16-11-. The molecule has 0 bridgehead atoms. The van der Waals surface area contributed by atoms with E-state index in [0.717, 1.165) is 22.3 Å². The molecule has 0 radical (unpaired) electrons. The molecule has 1 saturated heterocycles. The van der Waals surface area contributed by atoms with Crippen molar-refractivity contribution in [1.82, 2.24) is 10.4 Å². The largest absolute Gasteiger partial charge is 0.492 e. The van der Waals surface area contributed by atoms with Crippen LogP contribution in [0.25, 0.3) is 6.08 Å². The van der Waals surface area contributed by atoms with Crippen LogP contribution in [0, 0.1) is 0 Å². The summed E-state index contributed by atoms with van der Waals surface area (Å²) in [6.07, 6.45) is 1.70. The van der Waals surface area contributed by atoms with Gasteiger partial charge in [0.2, 0.25) is 0 Å². The lowest BCUT2D eigenvalue weighted by molar-refractivity contribution is -0.123. The normalized spacial score (nSPS) is 15.0. The molecule has 6 nitrogen and oxygen atoms in total. The molecule has 0 aromatic heterocycles. The van der Waals surface area contributed by atoms with Gasteiger partial charge in [0.1, 0.15) is 0 Å². The Hall–Kier alpha value is -2.36. The first-order valence-corrected chi connectivity index (χ1v) is 10.6. The zero-order valence-electron chi connectivity index (χ0n) is 15.6. The maximum Gasteiger partial charge on any atom is 0.285 e. The van der Waals surface area contributed by atoms with Crippen LogP contribution in [0.15, 0.2) is 51.8 Å². The van der Waals surface area contributed by atoms with E-state index in [1.165, 1.54) is 0 Å². The van der Waals surface area contributed by atoms with Gasteiger partial charge in [0.05, 0.1) is 23.1 Å². The lowest BCUT2D eigenvalue weighted by Gasteiger charge is -2.15. The lowest BCUT2D eigenvalue weighted by atomic mass is 10.2. The number of methoxy groups -OCH3 is 1. The van der Waals surface area contributed by atoms with Crippen LogP contribution in [0.2, 0.25) is 0 Å². The van der Waals surface area contributed by atoms with Crippen LogP contribution < -0.4 is 14.9 Å². The van der Waals surface area contributed by atoms with Crippen LogP contribution in [0.4, 0.5) is 0 Å². The molecule has 29 heavy (non-hydrogen) atoms. The van der Waals surface area contributed by atoms with Gasteiger partial charge >= 0.3 is 0 Å². The van der Waals surface area contributed by atoms with Gasteiger partial charge in [-0.2, -0.15) is 5.01 Å². The Kier molecular flexibility index (Phi) is 6.94. The zero-order chi connectivity index (χ0) is 21.0. The van der Waals surface area contributed by atoms with E-state index in [2.05, 4.69) is 21.4 Å². The maximum atomic E-state index is 12.8. The highest BCUT2D eigenvalue weighted by molar-refractivity contribution is 9.10. The number of hydrazine groups is 1. The SMILES string of the molecule is CCOc1cc(/C=C2\SC(=S)N(NC(=O)c3ccccc3)C2=O)cc(Br)c1OC. The first-order valence-electron chi connectivity index (χ1n) is 8.59. The predicted molar refractivity (Wildman–Crippen MR) is 121 cm³/mol. The topological polar surface area (TPSA) is 67.9 Å². The van der Waals surface area contributed by atoms with Crippen molar-refractivity contribution in [2.75, 3.05) is 13.7 Å². The fourth-order valence-electron chi connectivity index (χ4n) is 2.60. The van der Waals surface area contributed by atoms with Gasteiger partial charge < -0.3 is 9.47 Å². The van der Waals surface area contributed by atoms with E-state index >= 15 is 0 Å². The molecular formula is C20H17BrN2O4S2. The molecule has 1 aliphatic heterocycles. The van der Waals surface area contributed by atoms with E-state index in [0.29, 0.717) is 33.0 Å². The van der Waals surface area contributed by atoms with E-state index < -0.39 is 11.8 Å². The first-order chi connectivity index (χ1) is 13.9. The highest BCUT2D eigenvalue weighted by Crippen LogP contribution is 2.38. The summed E-state index contributed by atoms with van der Waals surface area (Å²) in [7, 11) is 1.56. The van der Waals surface area contributed by atoms with Crippen LogP contribution in [0.5, 0.6) is 11.5 Å². The maximum absolute atomic E-state index is 12.8. The Morgan fingerprint density at radius 1 is 1.31 bits per heavy atom. The second-order valence-corrected chi connectivity index (χ2v) is 8.32. The van der Waals surface area contributed by atoms with Crippen molar-refractivity contribution < 1.29 is 19.1 Å². The Morgan fingerprint density at radius 2 is 2.03 bits per heavy atom. The van der Waals surface area contributed by atoms with Crippen LogP contribution in [0.1, 0.15) is 22.8 Å². The van der Waals surface area contributed by atoms with E-state index in [1.54, 1.807) is 43.5 Å². The lowest BCUT2D eigenvalue weighted by Crippen LogP contribution is -2.44. The van der Waals surface area contributed by atoms with Crippen molar-refractivity contribution in [3.05, 3.63) is 63.0 Å². The van der Waals surface area contributed by atoms with Gasteiger partial charge in [-0.1, -0.05) is 30.0 Å². The van der Waals surface area contributed by atoms with Crippen LogP contribution >= 0.6 is 39.9 Å². The average molecular weight is 493 g/mol. The fourth-order valence-corrected chi connectivity index (χ4v) is 4.40. The summed E-state index contributed by atoms with van der Waals surface area (Å²) in [5, 5.41) is 1.09. The molecule has 9 heteroatoms. The smallest absolute Gasteiger partial charge is 0.285 e.